The van der Waals surface area contributed by atoms with Crippen LogP contribution in [0.25, 0.3) is 0 Å². The first-order valence-corrected chi connectivity index (χ1v) is 3.42. The van der Waals surface area contributed by atoms with Crippen molar-refractivity contribution in [3.05, 3.63) is 12.3 Å². The molecule has 0 aromatic heterocycles. The van der Waals surface area contributed by atoms with E-state index in [0.717, 1.165) is 0 Å². The van der Waals surface area contributed by atoms with Gasteiger partial charge in [-0.15, -0.1) is 0 Å². The molecule has 2 heteroatoms. The van der Waals surface area contributed by atoms with Gasteiger partial charge in [0.15, 0.2) is 0 Å². The molecule has 9 heavy (non-hydrogen) atoms. The SMILES string of the molecule is CCC(C)[NH+]1C=CC=N1. The van der Waals surface area contributed by atoms with Gasteiger partial charge >= 0.3 is 0 Å². The number of rotatable bonds is 2. The molecule has 0 spiro atoms. The van der Waals surface area contributed by atoms with Crippen molar-refractivity contribution >= 4 is 6.21 Å². The second kappa shape index (κ2) is 2.78. The van der Waals surface area contributed by atoms with Gasteiger partial charge in [0.05, 0.1) is 6.21 Å². The number of nitrogens with one attached hydrogen (secondary N) is 1. The molecule has 0 saturated carbocycles. The summed E-state index contributed by atoms with van der Waals surface area (Å²) in [7, 11) is 0. The molecule has 0 bridgehead atoms. The summed E-state index contributed by atoms with van der Waals surface area (Å²) in [5.74, 6) is 0. The average Bonchev–Trinajstić information content (AvgIpc) is 2.37. The largest absolute Gasteiger partial charge is 0.181 e. The second-order valence-electron chi connectivity index (χ2n) is 2.37. The van der Waals surface area contributed by atoms with Gasteiger partial charge in [-0.1, -0.05) is 12.0 Å². The second-order valence-corrected chi connectivity index (χ2v) is 2.37. The minimum Gasteiger partial charge on any atom is -0.181 e. The predicted octanol–water partition coefficient (Wildman–Crippen LogP) is 0.183. The first-order valence-electron chi connectivity index (χ1n) is 3.42. The van der Waals surface area contributed by atoms with Crippen molar-refractivity contribution in [2.75, 3.05) is 0 Å². The molecule has 1 aliphatic heterocycles. The van der Waals surface area contributed by atoms with Crippen LogP contribution in [0.1, 0.15) is 20.3 Å². The molecule has 0 aromatic carbocycles. The molecule has 1 rings (SSSR count). The van der Waals surface area contributed by atoms with E-state index in [1.807, 2.05) is 12.3 Å². The molecule has 50 valence electrons. The minimum atomic E-state index is 0.625. The lowest BCUT2D eigenvalue weighted by molar-refractivity contribution is -0.876. The monoisotopic (exact) mass is 125 g/mol. The first-order chi connectivity index (χ1) is 4.34. The summed E-state index contributed by atoms with van der Waals surface area (Å²) in [5, 5.41) is 5.41. The van der Waals surface area contributed by atoms with E-state index >= 15 is 0 Å². The summed E-state index contributed by atoms with van der Waals surface area (Å²) >= 11 is 0. The van der Waals surface area contributed by atoms with E-state index in [0.29, 0.717) is 6.04 Å². The molecule has 1 aliphatic rings. The number of hydrogen-bond acceptors (Lipinski definition) is 1. The lowest BCUT2D eigenvalue weighted by Gasteiger charge is -2.10. The minimum absolute atomic E-state index is 0.625. The van der Waals surface area contributed by atoms with Crippen molar-refractivity contribution in [2.24, 2.45) is 5.10 Å². The first kappa shape index (κ1) is 6.49. The zero-order chi connectivity index (χ0) is 6.69. The Kier molecular flexibility index (Phi) is 2.01. The third kappa shape index (κ3) is 1.39. The Labute approximate surface area is 55.9 Å². The van der Waals surface area contributed by atoms with E-state index in [4.69, 9.17) is 0 Å². The molecule has 1 N–H and O–H groups in total. The van der Waals surface area contributed by atoms with Crippen molar-refractivity contribution in [3.63, 3.8) is 0 Å². The van der Waals surface area contributed by atoms with Crippen molar-refractivity contribution in [1.29, 1.82) is 0 Å². The van der Waals surface area contributed by atoms with Gasteiger partial charge in [-0.2, -0.15) is 5.01 Å². The Morgan fingerprint density at radius 1 is 1.67 bits per heavy atom. The zero-order valence-corrected chi connectivity index (χ0v) is 5.96. The fourth-order valence-electron chi connectivity index (χ4n) is 0.814. The molecule has 0 saturated heterocycles. The zero-order valence-electron chi connectivity index (χ0n) is 5.96. The highest BCUT2D eigenvalue weighted by Crippen LogP contribution is 1.83. The highest BCUT2D eigenvalue weighted by Gasteiger charge is 2.12. The number of hydrogen-bond donors (Lipinski definition) is 1. The van der Waals surface area contributed by atoms with Crippen LogP contribution in [-0.2, 0) is 0 Å². The van der Waals surface area contributed by atoms with E-state index in [1.54, 1.807) is 0 Å². The van der Waals surface area contributed by atoms with Crippen molar-refractivity contribution in [1.82, 2.24) is 0 Å². The van der Waals surface area contributed by atoms with Crippen molar-refractivity contribution in [2.45, 2.75) is 26.3 Å². The average molecular weight is 125 g/mol. The van der Waals surface area contributed by atoms with E-state index in [-0.39, 0.29) is 0 Å². The number of quaternary nitrogens is 1. The fraction of sp³-hybridized carbons (Fsp3) is 0.571. The standard InChI is InChI=1S/C7H12N2/c1-3-7(2)9-6-4-5-8-9/h4-7H,3H2,1-2H3/p+1. The molecule has 0 aliphatic carbocycles. The third-order valence-electron chi connectivity index (χ3n) is 1.69. The Morgan fingerprint density at radius 3 is 2.89 bits per heavy atom. The predicted molar refractivity (Wildman–Crippen MR) is 38.3 cm³/mol. The molecule has 2 unspecified atom stereocenters. The molecule has 0 fully saturated rings. The van der Waals surface area contributed by atoms with Crippen LogP contribution in [0.15, 0.2) is 17.4 Å². The fourth-order valence-corrected chi connectivity index (χ4v) is 0.814. The molecule has 0 amide bonds. The van der Waals surface area contributed by atoms with Crippen LogP contribution in [-0.4, -0.2) is 12.3 Å². The van der Waals surface area contributed by atoms with Crippen LogP contribution in [0.2, 0.25) is 0 Å². The number of nitrogens with zero attached hydrogens (tertiary/aromatic N) is 1. The van der Waals surface area contributed by atoms with Gasteiger partial charge in [0.25, 0.3) is 0 Å². The van der Waals surface area contributed by atoms with E-state index < -0.39 is 0 Å². The van der Waals surface area contributed by atoms with Crippen LogP contribution < -0.4 is 5.01 Å². The molecule has 0 radical (unpaired) electrons. The molecular weight excluding hydrogens is 112 g/mol. The summed E-state index contributed by atoms with van der Waals surface area (Å²) in [6.07, 6.45) is 7.09. The van der Waals surface area contributed by atoms with Crippen molar-refractivity contribution < 1.29 is 5.01 Å². The highest BCUT2D eigenvalue weighted by atomic mass is 15.5. The Balaban J connectivity index is 2.43. The summed E-state index contributed by atoms with van der Waals surface area (Å²) in [4.78, 5) is 0. The number of allylic oxidation sites excluding steroid dienone is 1. The topological polar surface area (TPSA) is 16.8 Å². The maximum Gasteiger partial charge on any atom is 0.123 e. The maximum atomic E-state index is 4.19. The van der Waals surface area contributed by atoms with Gasteiger partial charge in [0, 0.05) is 6.08 Å². The molecular formula is C7H13N2+. The normalized spacial score (nSPS) is 27.1. The quantitative estimate of drug-likeness (QED) is 0.542. The maximum absolute atomic E-state index is 4.19. The van der Waals surface area contributed by atoms with Crippen LogP contribution in [0, 0.1) is 0 Å². The Morgan fingerprint density at radius 2 is 2.44 bits per heavy atom. The van der Waals surface area contributed by atoms with Gasteiger partial charge in [-0.3, -0.25) is 0 Å². The van der Waals surface area contributed by atoms with Crippen LogP contribution in [0.3, 0.4) is 0 Å². The lowest BCUT2D eigenvalue weighted by Crippen LogP contribution is -3.05. The molecule has 2 nitrogen and oxygen atoms in total. The van der Waals surface area contributed by atoms with Gasteiger partial charge in [-0.25, -0.2) is 0 Å². The molecule has 0 aromatic rings. The van der Waals surface area contributed by atoms with E-state index in [9.17, 15) is 0 Å². The van der Waals surface area contributed by atoms with Crippen LogP contribution >= 0.6 is 0 Å². The van der Waals surface area contributed by atoms with E-state index in [1.165, 1.54) is 11.4 Å². The highest BCUT2D eigenvalue weighted by molar-refractivity contribution is 5.70. The summed E-state index contributed by atoms with van der Waals surface area (Å²) < 4.78 is 0. The van der Waals surface area contributed by atoms with Crippen LogP contribution in [0.5, 0.6) is 0 Å². The third-order valence-corrected chi connectivity index (χ3v) is 1.69. The van der Waals surface area contributed by atoms with Crippen molar-refractivity contribution in [3.8, 4) is 0 Å². The van der Waals surface area contributed by atoms with Gasteiger partial charge in [0.2, 0.25) is 0 Å². The summed E-state index contributed by atoms with van der Waals surface area (Å²) in [6, 6.07) is 0.625. The van der Waals surface area contributed by atoms with Gasteiger partial charge in [0.1, 0.15) is 12.2 Å². The Hall–Kier alpha value is -0.630. The summed E-state index contributed by atoms with van der Waals surface area (Å²) in [5.41, 5.74) is 0. The summed E-state index contributed by atoms with van der Waals surface area (Å²) in [6.45, 7) is 4.38. The molecule has 1 heterocycles. The van der Waals surface area contributed by atoms with Gasteiger partial charge < -0.3 is 0 Å². The van der Waals surface area contributed by atoms with Gasteiger partial charge in [-0.05, 0) is 13.3 Å². The van der Waals surface area contributed by atoms with Crippen LogP contribution in [0.4, 0.5) is 0 Å². The smallest absolute Gasteiger partial charge is 0.123 e. The lowest BCUT2D eigenvalue weighted by atomic mass is 10.3. The molecule has 2 atom stereocenters. The van der Waals surface area contributed by atoms with E-state index in [2.05, 4.69) is 25.1 Å². The Bertz CT molecular complexity index is 126.